The fourth-order valence-corrected chi connectivity index (χ4v) is 5.13. The van der Waals surface area contributed by atoms with Gasteiger partial charge in [-0.25, -0.2) is 0 Å². The highest BCUT2D eigenvalue weighted by molar-refractivity contribution is 5.05. The number of nitrogens with one attached hydrogen (secondary N) is 1. The number of fused-ring (bicyclic) bond motifs is 2. The normalized spacial score (nSPS) is 46.6. The third kappa shape index (κ3) is 1.41. The summed E-state index contributed by atoms with van der Waals surface area (Å²) in [4.78, 5) is 1.67. The highest BCUT2D eigenvalue weighted by atomic mass is 15.2. The van der Waals surface area contributed by atoms with E-state index >= 15 is 0 Å². The van der Waals surface area contributed by atoms with Crippen LogP contribution in [-0.2, 0) is 0 Å². The van der Waals surface area contributed by atoms with Crippen molar-refractivity contribution in [2.24, 2.45) is 17.8 Å². The highest BCUT2D eigenvalue weighted by Gasteiger charge is 2.59. The van der Waals surface area contributed by atoms with Gasteiger partial charge in [-0.15, -0.1) is 0 Å². The average Bonchev–Trinajstić information content (AvgIpc) is 2.44. The monoisotopic (exact) mass is 219 g/mol. The third-order valence-corrected chi connectivity index (χ3v) is 5.76. The van der Waals surface area contributed by atoms with Gasteiger partial charge in [0, 0.05) is 18.8 Å². The molecular formula is C14H23N2+. The van der Waals surface area contributed by atoms with Crippen molar-refractivity contribution in [1.82, 2.24) is 0 Å². The molecule has 3 saturated carbocycles. The lowest BCUT2D eigenvalue weighted by Gasteiger charge is -2.48. The van der Waals surface area contributed by atoms with E-state index in [9.17, 15) is 0 Å². The zero-order chi connectivity index (χ0) is 11.2. The minimum absolute atomic E-state index is 0.586. The summed E-state index contributed by atoms with van der Waals surface area (Å²) in [6.07, 6.45) is 9.65. The smallest absolute Gasteiger partial charge is 0.101 e. The molecule has 0 aliphatic heterocycles. The number of nitrogens with zero attached hydrogens (tertiary/aromatic N) is 1. The van der Waals surface area contributed by atoms with Crippen LogP contribution in [-0.4, -0.2) is 19.1 Å². The van der Waals surface area contributed by atoms with E-state index in [-0.39, 0.29) is 0 Å². The molecule has 3 rings (SSSR count). The summed E-state index contributed by atoms with van der Waals surface area (Å²) in [6, 6.07) is 2.32. The maximum Gasteiger partial charge on any atom is 0.101 e. The van der Waals surface area contributed by atoms with Gasteiger partial charge in [-0.2, -0.15) is 5.26 Å². The van der Waals surface area contributed by atoms with Crippen LogP contribution in [0.25, 0.3) is 0 Å². The molecule has 0 saturated heterocycles. The molecule has 0 aromatic rings. The van der Waals surface area contributed by atoms with E-state index in [1.165, 1.54) is 38.5 Å². The van der Waals surface area contributed by atoms with E-state index in [1.54, 1.807) is 4.90 Å². The van der Waals surface area contributed by atoms with Gasteiger partial charge in [-0.1, -0.05) is 0 Å². The maximum absolute atomic E-state index is 8.75. The van der Waals surface area contributed by atoms with Crippen molar-refractivity contribution >= 4 is 0 Å². The second kappa shape index (κ2) is 3.74. The summed E-state index contributed by atoms with van der Waals surface area (Å²) in [6.45, 7) is 1.06. The van der Waals surface area contributed by atoms with Crippen LogP contribution in [0.4, 0.5) is 0 Å². The van der Waals surface area contributed by atoms with Crippen LogP contribution in [0.1, 0.15) is 44.9 Å². The summed E-state index contributed by atoms with van der Waals surface area (Å²) < 4.78 is 0. The summed E-state index contributed by atoms with van der Waals surface area (Å²) in [5.41, 5.74) is 0.586. The molecule has 3 fully saturated rings. The van der Waals surface area contributed by atoms with Crippen LogP contribution in [0, 0.1) is 29.1 Å². The molecule has 2 heteroatoms. The number of hydrogen-bond donors (Lipinski definition) is 1. The Kier molecular flexibility index (Phi) is 2.47. The molecule has 0 amide bonds. The largest absolute Gasteiger partial charge is 0.331 e. The van der Waals surface area contributed by atoms with Gasteiger partial charge < -0.3 is 4.90 Å². The van der Waals surface area contributed by atoms with Crippen molar-refractivity contribution in [3.05, 3.63) is 0 Å². The molecule has 5 atom stereocenters. The SMILES string of the molecule is C[NH+](CCC#N)[C@@]12C[C@@H]3CC[C@H]1C[C@@H](C3)C2. The van der Waals surface area contributed by atoms with Crippen molar-refractivity contribution < 1.29 is 4.90 Å². The lowest BCUT2D eigenvalue weighted by molar-refractivity contribution is -0.940. The molecule has 0 heterocycles. The van der Waals surface area contributed by atoms with E-state index in [0.717, 1.165) is 30.7 Å². The predicted octanol–water partition coefficient (Wildman–Crippen LogP) is 1.38. The third-order valence-electron chi connectivity index (χ3n) is 5.76. The second-order valence-corrected chi connectivity index (χ2v) is 6.48. The topological polar surface area (TPSA) is 28.2 Å². The Labute approximate surface area is 98.6 Å². The molecule has 0 aromatic heterocycles. The summed E-state index contributed by atoms with van der Waals surface area (Å²) in [5.74, 6) is 3.03. The van der Waals surface area contributed by atoms with Crippen LogP contribution >= 0.6 is 0 Å². The van der Waals surface area contributed by atoms with Crippen molar-refractivity contribution in [2.75, 3.05) is 13.6 Å². The molecule has 1 N–H and O–H groups in total. The van der Waals surface area contributed by atoms with E-state index < -0.39 is 0 Å². The minimum Gasteiger partial charge on any atom is -0.331 e. The van der Waals surface area contributed by atoms with Gasteiger partial charge in [0.15, 0.2) is 0 Å². The molecule has 0 spiro atoms. The lowest BCUT2D eigenvalue weighted by Crippen LogP contribution is -3.18. The first-order valence-electron chi connectivity index (χ1n) is 6.94. The molecular weight excluding hydrogens is 196 g/mol. The molecule has 0 radical (unpaired) electrons. The Bertz CT molecular complexity index is 319. The van der Waals surface area contributed by atoms with Crippen LogP contribution in [0.15, 0.2) is 0 Å². The number of nitriles is 1. The molecule has 1 unspecified atom stereocenters. The van der Waals surface area contributed by atoms with E-state index in [1.807, 2.05) is 0 Å². The Morgan fingerprint density at radius 3 is 2.88 bits per heavy atom. The molecule has 3 bridgehead atoms. The minimum atomic E-state index is 0.586. The Hall–Kier alpha value is -0.550. The van der Waals surface area contributed by atoms with Gasteiger partial charge in [0.05, 0.1) is 26.1 Å². The summed E-state index contributed by atoms with van der Waals surface area (Å²) >= 11 is 0. The Balaban J connectivity index is 1.80. The van der Waals surface area contributed by atoms with Gasteiger partial charge in [0.25, 0.3) is 0 Å². The van der Waals surface area contributed by atoms with Gasteiger partial charge in [-0.3, -0.25) is 0 Å². The zero-order valence-electron chi connectivity index (χ0n) is 10.3. The van der Waals surface area contributed by atoms with Crippen molar-refractivity contribution in [3.8, 4) is 6.07 Å². The average molecular weight is 219 g/mol. The molecule has 3 aliphatic rings. The predicted molar refractivity (Wildman–Crippen MR) is 62.9 cm³/mol. The maximum atomic E-state index is 8.75. The first-order valence-corrected chi connectivity index (χ1v) is 6.94. The fourth-order valence-electron chi connectivity index (χ4n) is 5.13. The molecule has 0 aromatic carbocycles. The quantitative estimate of drug-likeness (QED) is 0.763. The van der Waals surface area contributed by atoms with E-state index in [4.69, 9.17) is 5.26 Å². The van der Waals surface area contributed by atoms with Gasteiger partial charge >= 0.3 is 0 Å². The van der Waals surface area contributed by atoms with E-state index in [2.05, 4.69) is 13.1 Å². The van der Waals surface area contributed by atoms with Gasteiger partial charge in [0.2, 0.25) is 0 Å². The van der Waals surface area contributed by atoms with Crippen molar-refractivity contribution in [2.45, 2.75) is 50.5 Å². The van der Waals surface area contributed by atoms with E-state index in [0.29, 0.717) is 5.54 Å². The standard InChI is InChI=1S/C14H22N2/c1-16(6-2-5-15)14-9-11-3-4-13(14)8-12(7-11)10-14/h11-13H,2-4,6-10H2,1H3/p+1/t11-,12-,13+,14-/m1/s1. The van der Waals surface area contributed by atoms with Crippen molar-refractivity contribution in [3.63, 3.8) is 0 Å². The van der Waals surface area contributed by atoms with Crippen LogP contribution in [0.2, 0.25) is 0 Å². The molecule has 2 nitrogen and oxygen atoms in total. The molecule has 3 aliphatic carbocycles. The second-order valence-electron chi connectivity index (χ2n) is 6.48. The highest BCUT2D eigenvalue weighted by Crippen LogP contribution is 2.55. The van der Waals surface area contributed by atoms with Gasteiger partial charge in [-0.05, 0) is 37.5 Å². The number of rotatable bonds is 3. The summed E-state index contributed by atoms with van der Waals surface area (Å²) in [5, 5.41) is 8.75. The number of hydrogen-bond acceptors (Lipinski definition) is 1. The summed E-state index contributed by atoms with van der Waals surface area (Å²) in [7, 11) is 2.35. The van der Waals surface area contributed by atoms with Crippen LogP contribution < -0.4 is 4.90 Å². The van der Waals surface area contributed by atoms with Crippen LogP contribution in [0.3, 0.4) is 0 Å². The first-order chi connectivity index (χ1) is 7.74. The van der Waals surface area contributed by atoms with Gasteiger partial charge in [0.1, 0.15) is 5.54 Å². The fraction of sp³-hybridized carbons (Fsp3) is 0.929. The molecule has 88 valence electrons. The number of quaternary nitrogens is 1. The first kappa shape index (κ1) is 10.6. The zero-order valence-corrected chi connectivity index (χ0v) is 10.3. The molecule has 16 heavy (non-hydrogen) atoms. The lowest BCUT2D eigenvalue weighted by atomic mass is 9.66. The van der Waals surface area contributed by atoms with Crippen LogP contribution in [0.5, 0.6) is 0 Å². The Morgan fingerprint density at radius 1 is 1.25 bits per heavy atom. The van der Waals surface area contributed by atoms with Crippen molar-refractivity contribution in [1.29, 1.82) is 5.26 Å². The Morgan fingerprint density at radius 2 is 2.06 bits per heavy atom.